The second kappa shape index (κ2) is 8.47. The number of benzene rings is 1. The molecule has 0 radical (unpaired) electrons. The normalized spacial score (nSPS) is 14.5. The first-order valence-corrected chi connectivity index (χ1v) is 8.99. The van der Waals surface area contributed by atoms with Crippen LogP contribution < -0.4 is 10.9 Å². The molecular formula is C20H23N3O3. The molecule has 1 aliphatic rings. The van der Waals surface area contributed by atoms with Crippen LogP contribution in [0.1, 0.15) is 52.0 Å². The van der Waals surface area contributed by atoms with E-state index in [1.807, 2.05) is 17.0 Å². The van der Waals surface area contributed by atoms with Crippen molar-refractivity contribution < 1.29 is 9.59 Å². The molecule has 1 aliphatic heterocycles. The van der Waals surface area contributed by atoms with Gasteiger partial charge in [-0.3, -0.25) is 14.4 Å². The predicted octanol–water partition coefficient (Wildman–Crippen LogP) is 2.32. The molecule has 0 aliphatic carbocycles. The molecule has 6 heteroatoms. The van der Waals surface area contributed by atoms with Crippen LogP contribution in [0.4, 0.5) is 0 Å². The van der Waals surface area contributed by atoms with Crippen LogP contribution in [0.2, 0.25) is 0 Å². The molecule has 2 amide bonds. The van der Waals surface area contributed by atoms with Crippen molar-refractivity contribution in [1.82, 2.24) is 15.2 Å². The Balaban J connectivity index is 1.59. The van der Waals surface area contributed by atoms with Gasteiger partial charge in [-0.05, 0) is 42.7 Å². The Hall–Kier alpha value is -2.89. The van der Waals surface area contributed by atoms with Crippen molar-refractivity contribution >= 4 is 11.8 Å². The first kappa shape index (κ1) is 17.9. The van der Waals surface area contributed by atoms with Gasteiger partial charge in [-0.25, -0.2) is 0 Å². The van der Waals surface area contributed by atoms with E-state index in [1.165, 1.54) is 25.1 Å². The molecule has 26 heavy (non-hydrogen) atoms. The number of H-pyrrole nitrogens is 1. The summed E-state index contributed by atoms with van der Waals surface area (Å²) in [6, 6.07) is 10.4. The largest absolute Gasteiger partial charge is 0.348 e. The van der Waals surface area contributed by atoms with Crippen molar-refractivity contribution in [2.75, 3.05) is 13.1 Å². The maximum atomic E-state index is 12.6. The number of aromatic nitrogens is 1. The summed E-state index contributed by atoms with van der Waals surface area (Å²) in [5.74, 6) is -0.352. The molecular weight excluding hydrogens is 330 g/mol. The van der Waals surface area contributed by atoms with Crippen molar-refractivity contribution in [3.05, 3.63) is 69.6 Å². The highest BCUT2D eigenvalue weighted by molar-refractivity contribution is 5.94. The zero-order valence-electron chi connectivity index (χ0n) is 14.7. The van der Waals surface area contributed by atoms with Crippen LogP contribution in [0.5, 0.6) is 0 Å². The number of pyridine rings is 1. The lowest BCUT2D eigenvalue weighted by atomic mass is 10.1. The fourth-order valence-electron chi connectivity index (χ4n) is 3.10. The molecule has 0 bridgehead atoms. The van der Waals surface area contributed by atoms with E-state index in [0.717, 1.165) is 31.5 Å². The molecule has 0 unspecified atom stereocenters. The first-order valence-electron chi connectivity index (χ1n) is 8.99. The monoisotopic (exact) mass is 353 g/mol. The highest BCUT2D eigenvalue weighted by Crippen LogP contribution is 2.14. The second-order valence-corrected chi connectivity index (χ2v) is 6.50. The Kier molecular flexibility index (Phi) is 5.84. The third-order valence-corrected chi connectivity index (χ3v) is 4.61. The minimum Gasteiger partial charge on any atom is -0.348 e. The molecule has 6 nitrogen and oxygen atoms in total. The molecule has 0 atom stereocenters. The smallest absolute Gasteiger partial charge is 0.260 e. The van der Waals surface area contributed by atoms with Crippen LogP contribution in [0.25, 0.3) is 0 Å². The molecule has 2 N–H and O–H groups in total. The zero-order valence-corrected chi connectivity index (χ0v) is 14.7. The molecule has 136 valence electrons. The molecule has 0 saturated carbocycles. The molecule has 1 aromatic heterocycles. The third-order valence-electron chi connectivity index (χ3n) is 4.61. The quantitative estimate of drug-likeness (QED) is 0.885. The van der Waals surface area contributed by atoms with E-state index in [0.29, 0.717) is 12.1 Å². The van der Waals surface area contributed by atoms with Crippen molar-refractivity contribution in [3.8, 4) is 0 Å². The van der Waals surface area contributed by atoms with Gasteiger partial charge in [0.05, 0.1) is 0 Å². The van der Waals surface area contributed by atoms with Crippen LogP contribution in [0.3, 0.4) is 0 Å². The van der Waals surface area contributed by atoms with Gasteiger partial charge in [0.25, 0.3) is 17.4 Å². The van der Waals surface area contributed by atoms with E-state index in [1.54, 1.807) is 18.2 Å². The number of hydrogen-bond donors (Lipinski definition) is 2. The number of aromatic amines is 1. The number of likely N-dealkylation sites (tertiary alicyclic amines) is 1. The van der Waals surface area contributed by atoms with Crippen LogP contribution in [-0.2, 0) is 6.54 Å². The van der Waals surface area contributed by atoms with Gasteiger partial charge < -0.3 is 15.2 Å². The third kappa shape index (κ3) is 4.39. The van der Waals surface area contributed by atoms with E-state index in [2.05, 4.69) is 10.3 Å². The van der Waals surface area contributed by atoms with Crippen LogP contribution >= 0.6 is 0 Å². The summed E-state index contributed by atoms with van der Waals surface area (Å²) < 4.78 is 0. The topological polar surface area (TPSA) is 82.3 Å². The van der Waals surface area contributed by atoms with Crippen LogP contribution in [0.15, 0.2) is 47.4 Å². The fraction of sp³-hybridized carbons (Fsp3) is 0.350. The number of carbonyl (C=O) groups is 2. The summed E-state index contributed by atoms with van der Waals surface area (Å²) in [4.78, 5) is 40.6. The molecule has 1 saturated heterocycles. The lowest BCUT2D eigenvalue weighted by Crippen LogP contribution is -2.31. The number of carbonyl (C=O) groups excluding carboxylic acids is 2. The van der Waals surface area contributed by atoms with Crippen molar-refractivity contribution in [2.45, 2.75) is 32.2 Å². The number of amides is 2. The summed E-state index contributed by atoms with van der Waals surface area (Å²) in [5, 5.41) is 2.72. The van der Waals surface area contributed by atoms with Crippen LogP contribution in [-0.4, -0.2) is 34.8 Å². The Morgan fingerprint density at radius 3 is 2.35 bits per heavy atom. The molecule has 2 aromatic rings. The second-order valence-electron chi connectivity index (χ2n) is 6.50. The van der Waals surface area contributed by atoms with E-state index < -0.39 is 11.5 Å². The molecule has 1 fully saturated rings. The summed E-state index contributed by atoms with van der Waals surface area (Å²) >= 11 is 0. The Labute approximate surface area is 152 Å². The summed E-state index contributed by atoms with van der Waals surface area (Å²) in [5.41, 5.74) is 1.21. The minimum absolute atomic E-state index is 0.0679. The van der Waals surface area contributed by atoms with Gasteiger partial charge in [0, 0.05) is 31.4 Å². The average Bonchev–Trinajstić information content (AvgIpc) is 2.96. The maximum Gasteiger partial charge on any atom is 0.260 e. The number of nitrogens with zero attached hydrogens (tertiary/aromatic N) is 1. The fourth-order valence-corrected chi connectivity index (χ4v) is 3.10. The number of hydrogen-bond acceptors (Lipinski definition) is 3. The van der Waals surface area contributed by atoms with E-state index in [4.69, 9.17) is 0 Å². The molecule has 1 aromatic carbocycles. The van der Waals surface area contributed by atoms with Gasteiger partial charge in [-0.1, -0.05) is 25.0 Å². The molecule has 0 spiro atoms. The summed E-state index contributed by atoms with van der Waals surface area (Å²) in [6.07, 6.45) is 5.99. The Morgan fingerprint density at radius 2 is 1.69 bits per heavy atom. The standard InChI is InChI=1S/C20H23N3O3/c24-18-17(6-5-11-21-18)19(25)22-14-15-7-9-16(10-8-15)20(26)23-12-3-1-2-4-13-23/h5-11H,1-4,12-14H2,(H,21,24)(H,22,25). The Bertz CT molecular complexity index is 819. The lowest BCUT2D eigenvalue weighted by Gasteiger charge is -2.20. The lowest BCUT2D eigenvalue weighted by molar-refractivity contribution is 0.0761. The minimum atomic E-state index is -0.420. The Morgan fingerprint density at radius 1 is 1.00 bits per heavy atom. The maximum absolute atomic E-state index is 12.6. The molecule has 2 heterocycles. The van der Waals surface area contributed by atoms with Gasteiger partial charge in [0.1, 0.15) is 5.56 Å². The van der Waals surface area contributed by atoms with E-state index in [-0.39, 0.29) is 11.5 Å². The number of rotatable bonds is 4. The molecule has 3 rings (SSSR count). The summed E-state index contributed by atoms with van der Waals surface area (Å²) in [7, 11) is 0. The van der Waals surface area contributed by atoms with Crippen molar-refractivity contribution in [3.63, 3.8) is 0 Å². The van der Waals surface area contributed by atoms with Crippen LogP contribution in [0, 0.1) is 0 Å². The highest BCUT2D eigenvalue weighted by Gasteiger charge is 2.17. The predicted molar refractivity (Wildman–Crippen MR) is 99.0 cm³/mol. The van der Waals surface area contributed by atoms with Crippen molar-refractivity contribution in [1.29, 1.82) is 0 Å². The van der Waals surface area contributed by atoms with Gasteiger partial charge in [0.2, 0.25) is 0 Å². The van der Waals surface area contributed by atoms with Gasteiger partial charge in [-0.15, -0.1) is 0 Å². The van der Waals surface area contributed by atoms with Crippen molar-refractivity contribution in [2.24, 2.45) is 0 Å². The number of nitrogens with one attached hydrogen (secondary N) is 2. The van der Waals surface area contributed by atoms with E-state index in [9.17, 15) is 14.4 Å². The average molecular weight is 353 g/mol. The van der Waals surface area contributed by atoms with E-state index >= 15 is 0 Å². The van der Waals surface area contributed by atoms with Gasteiger partial charge in [-0.2, -0.15) is 0 Å². The first-order chi connectivity index (χ1) is 12.6. The summed E-state index contributed by atoms with van der Waals surface area (Å²) in [6.45, 7) is 1.94. The van der Waals surface area contributed by atoms with Gasteiger partial charge >= 0.3 is 0 Å². The zero-order chi connectivity index (χ0) is 18.4. The van der Waals surface area contributed by atoms with Gasteiger partial charge in [0.15, 0.2) is 0 Å². The highest BCUT2D eigenvalue weighted by atomic mass is 16.2. The SMILES string of the molecule is O=C(NCc1ccc(C(=O)N2CCCCCC2)cc1)c1ccc[nH]c1=O.